The zero-order valence-electron chi connectivity index (χ0n) is 11.1. The third-order valence-electron chi connectivity index (χ3n) is 2.77. The molecule has 0 radical (unpaired) electrons. The highest BCUT2D eigenvalue weighted by molar-refractivity contribution is 5.81. The van der Waals surface area contributed by atoms with Gasteiger partial charge in [0.15, 0.2) is 0 Å². The van der Waals surface area contributed by atoms with E-state index in [1.54, 1.807) is 12.1 Å². The topological polar surface area (TPSA) is 55.1 Å². The Morgan fingerprint density at radius 3 is 2.61 bits per heavy atom. The van der Waals surface area contributed by atoms with E-state index in [1.165, 1.54) is 12.1 Å². The summed E-state index contributed by atoms with van der Waals surface area (Å²) in [6.45, 7) is 5.85. The molecule has 18 heavy (non-hydrogen) atoms. The fourth-order valence-corrected chi connectivity index (χ4v) is 1.79. The van der Waals surface area contributed by atoms with E-state index in [0.717, 1.165) is 5.56 Å². The minimum Gasteiger partial charge on any atom is -0.348 e. The maximum atomic E-state index is 13.1. The second kappa shape index (κ2) is 6.50. The van der Waals surface area contributed by atoms with Crippen LogP contribution in [0.1, 0.15) is 38.8 Å². The zero-order valence-corrected chi connectivity index (χ0v) is 11.1. The molecule has 0 aliphatic carbocycles. The van der Waals surface area contributed by atoms with E-state index in [-0.39, 0.29) is 17.8 Å². The van der Waals surface area contributed by atoms with E-state index in [4.69, 9.17) is 5.73 Å². The number of amides is 1. The quantitative estimate of drug-likeness (QED) is 0.845. The van der Waals surface area contributed by atoms with E-state index < -0.39 is 6.04 Å². The molecule has 4 heteroatoms. The van der Waals surface area contributed by atoms with Crippen LogP contribution < -0.4 is 11.1 Å². The smallest absolute Gasteiger partial charge is 0.237 e. The molecule has 1 aromatic carbocycles. The van der Waals surface area contributed by atoms with Crippen LogP contribution in [-0.4, -0.2) is 11.9 Å². The molecule has 0 heterocycles. The Morgan fingerprint density at radius 2 is 2.06 bits per heavy atom. The molecule has 2 atom stereocenters. The van der Waals surface area contributed by atoms with Gasteiger partial charge in [-0.05, 0) is 37.0 Å². The SMILES string of the molecule is CC(C)CC(N)C(=O)N[C@H](C)c1cccc(F)c1. The molecule has 0 aromatic heterocycles. The molecule has 0 aliphatic heterocycles. The molecule has 1 aromatic rings. The molecule has 3 nitrogen and oxygen atoms in total. The number of nitrogens with two attached hydrogens (primary N) is 1. The minimum absolute atomic E-state index is 0.194. The van der Waals surface area contributed by atoms with Crippen LogP contribution in [0.15, 0.2) is 24.3 Å². The van der Waals surface area contributed by atoms with Crippen LogP contribution in [0, 0.1) is 11.7 Å². The van der Waals surface area contributed by atoms with Gasteiger partial charge < -0.3 is 11.1 Å². The van der Waals surface area contributed by atoms with Gasteiger partial charge >= 0.3 is 0 Å². The number of hydrogen-bond donors (Lipinski definition) is 2. The Kier molecular flexibility index (Phi) is 5.28. The Morgan fingerprint density at radius 1 is 1.39 bits per heavy atom. The van der Waals surface area contributed by atoms with E-state index >= 15 is 0 Å². The van der Waals surface area contributed by atoms with Crippen molar-refractivity contribution in [1.82, 2.24) is 5.32 Å². The van der Waals surface area contributed by atoms with Crippen LogP contribution >= 0.6 is 0 Å². The lowest BCUT2D eigenvalue weighted by Crippen LogP contribution is -2.42. The summed E-state index contributed by atoms with van der Waals surface area (Å²) in [5.74, 6) is -0.129. The summed E-state index contributed by atoms with van der Waals surface area (Å²) < 4.78 is 13.1. The average molecular weight is 252 g/mol. The molecule has 0 bridgehead atoms. The molecule has 0 fully saturated rings. The fourth-order valence-electron chi connectivity index (χ4n) is 1.79. The summed E-state index contributed by atoms with van der Waals surface area (Å²) in [4.78, 5) is 11.8. The summed E-state index contributed by atoms with van der Waals surface area (Å²) in [6.07, 6.45) is 0.641. The van der Waals surface area contributed by atoms with Gasteiger partial charge in [-0.15, -0.1) is 0 Å². The second-order valence-corrected chi connectivity index (χ2v) is 5.02. The molecule has 0 aliphatic rings. The zero-order chi connectivity index (χ0) is 13.7. The highest BCUT2D eigenvalue weighted by Crippen LogP contribution is 2.14. The standard InChI is InChI=1S/C14H21FN2O/c1-9(2)7-13(16)14(18)17-10(3)11-5-4-6-12(15)8-11/h4-6,8-10,13H,7,16H2,1-3H3,(H,17,18)/t10-,13?/m1/s1. The van der Waals surface area contributed by atoms with E-state index in [1.807, 2.05) is 20.8 Å². The molecule has 0 saturated heterocycles. The third-order valence-corrected chi connectivity index (χ3v) is 2.77. The van der Waals surface area contributed by atoms with Gasteiger partial charge in [0, 0.05) is 0 Å². The van der Waals surface area contributed by atoms with Gasteiger partial charge in [0.05, 0.1) is 12.1 Å². The summed E-state index contributed by atoms with van der Waals surface area (Å²) in [5.41, 5.74) is 6.52. The maximum Gasteiger partial charge on any atom is 0.237 e. The first kappa shape index (κ1) is 14.6. The van der Waals surface area contributed by atoms with Gasteiger partial charge in [-0.2, -0.15) is 0 Å². The number of carbonyl (C=O) groups is 1. The summed E-state index contributed by atoms with van der Waals surface area (Å²) in [7, 11) is 0. The molecule has 1 unspecified atom stereocenters. The minimum atomic E-state index is -0.513. The van der Waals surface area contributed by atoms with Crippen molar-refractivity contribution in [2.24, 2.45) is 11.7 Å². The summed E-state index contributed by atoms with van der Waals surface area (Å²) in [6, 6.07) is 5.44. The third kappa shape index (κ3) is 4.45. The van der Waals surface area contributed by atoms with E-state index in [9.17, 15) is 9.18 Å². The van der Waals surface area contributed by atoms with E-state index in [0.29, 0.717) is 12.3 Å². The Hall–Kier alpha value is -1.42. The largest absolute Gasteiger partial charge is 0.348 e. The molecular weight excluding hydrogens is 231 g/mol. The normalized spacial score (nSPS) is 14.3. The van der Waals surface area contributed by atoms with Gasteiger partial charge in [0.25, 0.3) is 0 Å². The Balaban J connectivity index is 2.59. The number of benzene rings is 1. The van der Waals surface area contributed by atoms with Gasteiger partial charge in [-0.1, -0.05) is 26.0 Å². The van der Waals surface area contributed by atoms with Crippen molar-refractivity contribution in [1.29, 1.82) is 0 Å². The summed E-state index contributed by atoms with van der Waals surface area (Å²) in [5, 5.41) is 2.80. The van der Waals surface area contributed by atoms with Crippen LogP contribution in [0.2, 0.25) is 0 Å². The number of nitrogens with one attached hydrogen (secondary N) is 1. The molecule has 1 amide bonds. The van der Waals surface area contributed by atoms with Crippen molar-refractivity contribution in [3.63, 3.8) is 0 Å². The summed E-state index contributed by atoms with van der Waals surface area (Å²) >= 11 is 0. The molecule has 0 saturated carbocycles. The van der Waals surface area contributed by atoms with Gasteiger partial charge in [-0.25, -0.2) is 4.39 Å². The van der Waals surface area contributed by atoms with Gasteiger partial charge in [0.1, 0.15) is 5.82 Å². The maximum absolute atomic E-state index is 13.1. The molecule has 1 rings (SSSR count). The second-order valence-electron chi connectivity index (χ2n) is 5.02. The number of carbonyl (C=O) groups excluding carboxylic acids is 1. The lowest BCUT2D eigenvalue weighted by atomic mass is 10.0. The first-order valence-corrected chi connectivity index (χ1v) is 6.21. The highest BCUT2D eigenvalue weighted by Gasteiger charge is 2.17. The van der Waals surface area contributed by atoms with Crippen molar-refractivity contribution >= 4 is 5.91 Å². The van der Waals surface area contributed by atoms with Crippen molar-refractivity contribution in [3.8, 4) is 0 Å². The lowest BCUT2D eigenvalue weighted by Gasteiger charge is -2.19. The lowest BCUT2D eigenvalue weighted by molar-refractivity contribution is -0.123. The molecule has 0 spiro atoms. The number of rotatable bonds is 5. The van der Waals surface area contributed by atoms with Crippen molar-refractivity contribution in [3.05, 3.63) is 35.6 Å². The monoisotopic (exact) mass is 252 g/mol. The van der Waals surface area contributed by atoms with Crippen LogP contribution in [0.5, 0.6) is 0 Å². The van der Waals surface area contributed by atoms with Gasteiger partial charge in [0.2, 0.25) is 5.91 Å². The fraction of sp³-hybridized carbons (Fsp3) is 0.500. The van der Waals surface area contributed by atoms with Crippen molar-refractivity contribution in [2.75, 3.05) is 0 Å². The van der Waals surface area contributed by atoms with Crippen LogP contribution in [0.3, 0.4) is 0 Å². The van der Waals surface area contributed by atoms with Crippen LogP contribution in [0.25, 0.3) is 0 Å². The van der Waals surface area contributed by atoms with Crippen LogP contribution in [0.4, 0.5) is 4.39 Å². The molecular formula is C14H21FN2O. The van der Waals surface area contributed by atoms with Crippen molar-refractivity contribution in [2.45, 2.75) is 39.3 Å². The predicted octanol–water partition coefficient (Wildman–Crippen LogP) is 2.38. The predicted molar refractivity (Wildman–Crippen MR) is 70.4 cm³/mol. The van der Waals surface area contributed by atoms with E-state index in [2.05, 4.69) is 5.32 Å². The Bertz CT molecular complexity index is 407. The van der Waals surface area contributed by atoms with Gasteiger partial charge in [-0.3, -0.25) is 4.79 Å². The average Bonchev–Trinajstić information content (AvgIpc) is 2.27. The molecule has 100 valence electrons. The number of hydrogen-bond acceptors (Lipinski definition) is 2. The highest BCUT2D eigenvalue weighted by atomic mass is 19.1. The first-order chi connectivity index (χ1) is 8.40. The van der Waals surface area contributed by atoms with Crippen LogP contribution in [-0.2, 0) is 4.79 Å². The van der Waals surface area contributed by atoms with Crippen molar-refractivity contribution < 1.29 is 9.18 Å². The first-order valence-electron chi connectivity index (χ1n) is 6.21. The molecule has 3 N–H and O–H groups in total. The Labute approximate surface area is 108 Å². The number of halogens is 1.